The molecule has 4 heteroatoms. The van der Waals surface area contributed by atoms with E-state index >= 15 is 0 Å². The molecule has 19 heavy (non-hydrogen) atoms. The minimum Gasteiger partial charge on any atom is -0.394 e. The Morgan fingerprint density at radius 3 is 2.89 bits per heavy atom. The van der Waals surface area contributed by atoms with Crippen molar-refractivity contribution in [2.45, 2.75) is 18.4 Å². The van der Waals surface area contributed by atoms with E-state index in [2.05, 4.69) is 12.1 Å². The van der Waals surface area contributed by atoms with Crippen molar-refractivity contribution in [2.75, 3.05) is 26.4 Å². The molecule has 0 bridgehead atoms. The molecule has 3 unspecified atom stereocenters. The van der Waals surface area contributed by atoms with E-state index in [9.17, 15) is 9.90 Å². The van der Waals surface area contributed by atoms with Crippen LogP contribution < -0.4 is 0 Å². The highest BCUT2D eigenvalue weighted by atomic mass is 16.5. The summed E-state index contributed by atoms with van der Waals surface area (Å²) in [5.41, 5.74) is 1.25. The Morgan fingerprint density at radius 1 is 1.37 bits per heavy atom. The number of ether oxygens (including phenoxy) is 1. The Kier molecular flexibility index (Phi) is 3.53. The first-order valence-electron chi connectivity index (χ1n) is 6.85. The lowest BCUT2D eigenvalue weighted by Crippen LogP contribution is -2.51. The number of hydrogen-bond acceptors (Lipinski definition) is 3. The van der Waals surface area contributed by atoms with Gasteiger partial charge in [-0.15, -0.1) is 0 Å². The summed E-state index contributed by atoms with van der Waals surface area (Å²) >= 11 is 0. The van der Waals surface area contributed by atoms with Gasteiger partial charge in [0.2, 0.25) is 5.91 Å². The molecule has 102 valence electrons. The molecule has 1 heterocycles. The maximum absolute atomic E-state index is 12.5. The van der Waals surface area contributed by atoms with Crippen molar-refractivity contribution >= 4 is 5.91 Å². The van der Waals surface area contributed by atoms with Crippen molar-refractivity contribution in [1.29, 1.82) is 0 Å². The zero-order chi connectivity index (χ0) is 13.2. The van der Waals surface area contributed by atoms with Crippen LogP contribution in [0, 0.1) is 5.92 Å². The fourth-order valence-electron chi connectivity index (χ4n) is 2.85. The molecule has 3 atom stereocenters. The third-order valence-corrected chi connectivity index (χ3v) is 4.06. The molecule has 1 N–H and O–H groups in total. The van der Waals surface area contributed by atoms with Crippen LogP contribution in [0.5, 0.6) is 0 Å². The Labute approximate surface area is 113 Å². The van der Waals surface area contributed by atoms with Gasteiger partial charge in [0.25, 0.3) is 0 Å². The van der Waals surface area contributed by atoms with Crippen LogP contribution in [0.1, 0.15) is 17.9 Å². The van der Waals surface area contributed by atoms with Gasteiger partial charge in [-0.25, -0.2) is 0 Å². The highest BCUT2D eigenvalue weighted by molar-refractivity contribution is 5.83. The second kappa shape index (κ2) is 5.31. The average Bonchev–Trinajstić information content (AvgIpc) is 3.28. The Hall–Kier alpha value is -1.39. The molecule has 1 amide bonds. The fraction of sp³-hybridized carbons (Fsp3) is 0.533. The fourth-order valence-corrected chi connectivity index (χ4v) is 2.85. The van der Waals surface area contributed by atoms with Crippen molar-refractivity contribution in [2.24, 2.45) is 5.92 Å². The van der Waals surface area contributed by atoms with Gasteiger partial charge in [0.05, 0.1) is 25.9 Å². The number of hydrogen-bond donors (Lipinski definition) is 1. The molecule has 2 aliphatic rings. The lowest BCUT2D eigenvalue weighted by atomic mass is 10.1. The smallest absolute Gasteiger partial charge is 0.226 e. The number of amides is 1. The number of benzene rings is 1. The quantitative estimate of drug-likeness (QED) is 0.883. The summed E-state index contributed by atoms with van der Waals surface area (Å²) in [6.07, 6.45) is 0.929. The van der Waals surface area contributed by atoms with Crippen LogP contribution in [0.15, 0.2) is 30.3 Å². The Bertz CT molecular complexity index is 448. The monoisotopic (exact) mass is 261 g/mol. The normalized spacial score (nSPS) is 30.2. The van der Waals surface area contributed by atoms with Gasteiger partial charge in [0.15, 0.2) is 0 Å². The number of morpholine rings is 1. The molecule has 3 rings (SSSR count). The molecular weight excluding hydrogens is 242 g/mol. The zero-order valence-corrected chi connectivity index (χ0v) is 10.9. The summed E-state index contributed by atoms with van der Waals surface area (Å²) in [6.45, 7) is 1.60. The second-order valence-electron chi connectivity index (χ2n) is 5.30. The Morgan fingerprint density at radius 2 is 2.16 bits per heavy atom. The topological polar surface area (TPSA) is 49.8 Å². The van der Waals surface area contributed by atoms with Gasteiger partial charge in [0.1, 0.15) is 0 Å². The number of carbonyl (C=O) groups excluding carboxylic acids is 1. The van der Waals surface area contributed by atoms with Crippen LogP contribution in [-0.4, -0.2) is 48.3 Å². The number of aliphatic hydroxyl groups is 1. The molecular formula is C15H19NO3. The largest absolute Gasteiger partial charge is 0.394 e. The van der Waals surface area contributed by atoms with Crippen molar-refractivity contribution in [3.63, 3.8) is 0 Å². The van der Waals surface area contributed by atoms with Gasteiger partial charge in [0, 0.05) is 12.5 Å². The first-order chi connectivity index (χ1) is 9.31. The second-order valence-corrected chi connectivity index (χ2v) is 5.30. The number of nitrogens with zero attached hydrogens (tertiary/aromatic N) is 1. The number of carbonyl (C=O) groups is 1. The van der Waals surface area contributed by atoms with Crippen LogP contribution in [0.3, 0.4) is 0 Å². The predicted molar refractivity (Wildman–Crippen MR) is 70.7 cm³/mol. The summed E-state index contributed by atoms with van der Waals surface area (Å²) in [6, 6.07) is 10.0. The summed E-state index contributed by atoms with van der Waals surface area (Å²) in [7, 11) is 0. The van der Waals surface area contributed by atoms with E-state index in [1.807, 2.05) is 18.2 Å². The standard InChI is InChI=1S/C15H19NO3/c17-9-12-10-19-7-6-16(12)15(18)14-8-13(14)11-4-2-1-3-5-11/h1-5,12-14,17H,6-10H2. The van der Waals surface area contributed by atoms with Crippen LogP contribution in [0.4, 0.5) is 0 Å². The lowest BCUT2D eigenvalue weighted by Gasteiger charge is -2.34. The van der Waals surface area contributed by atoms with Crippen LogP contribution in [0.25, 0.3) is 0 Å². The molecule has 1 saturated heterocycles. The average molecular weight is 261 g/mol. The highest BCUT2D eigenvalue weighted by Gasteiger charge is 2.47. The maximum Gasteiger partial charge on any atom is 0.226 e. The van der Waals surface area contributed by atoms with Crippen molar-refractivity contribution in [3.8, 4) is 0 Å². The van der Waals surface area contributed by atoms with Gasteiger partial charge in [-0.3, -0.25) is 4.79 Å². The number of rotatable bonds is 3. The molecule has 1 aromatic rings. The van der Waals surface area contributed by atoms with Crippen LogP contribution in [0.2, 0.25) is 0 Å². The molecule has 1 aromatic carbocycles. The van der Waals surface area contributed by atoms with Crippen molar-refractivity contribution in [1.82, 2.24) is 4.90 Å². The van der Waals surface area contributed by atoms with E-state index in [0.717, 1.165) is 6.42 Å². The maximum atomic E-state index is 12.5. The molecule has 1 aliphatic heterocycles. The first-order valence-corrected chi connectivity index (χ1v) is 6.85. The van der Waals surface area contributed by atoms with Gasteiger partial charge in [-0.05, 0) is 17.9 Å². The van der Waals surface area contributed by atoms with E-state index in [-0.39, 0.29) is 24.5 Å². The number of aliphatic hydroxyl groups excluding tert-OH is 1. The predicted octanol–water partition coefficient (Wildman–Crippen LogP) is 1.01. The molecule has 0 aromatic heterocycles. The summed E-state index contributed by atoms with van der Waals surface area (Å²) in [5.74, 6) is 0.627. The molecule has 4 nitrogen and oxygen atoms in total. The van der Waals surface area contributed by atoms with Crippen LogP contribution in [-0.2, 0) is 9.53 Å². The van der Waals surface area contributed by atoms with Crippen molar-refractivity contribution < 1.29 is 14.6 Å². The molecule has 0 radical (unpaired) electrons. The van der Waals surface area contributed by atoms with E-state index in [4.69, 9.17) is 4.74 Å². The van der Waals surface area contributed by atoms with Crippen molar-refractivity contribution in [3.05, 3.63) is 35.9 Å². The van der Waals surface area contributed by atoms with E-state index < -0.39 is 0 Å². The van der Waals surface area contributed by atoms with Gasteiger partial charge in [-0.2, -0.15) is 0 Å². The lowest BCUT2D eigenvalue weighted by molar-refractivity contribution is -0.143. The third-order valence-electron chi connectivity index (χ3n) is 4.06. The summed E-state index contributed by atoms with van der Waals surface area (Å²) in [4.78, 5) is 14.3. The summed E-state index contributed by atoms with van der Waals surface area (Å²) < 4.78 is 5.31. The van der Waals surface area contributed by atoms with Crippen LogP contribution >= 0.6 is 0 Å². The summed E-state index contributed by atoms with van der Waals surface area (Å²) in [5, 5.41) is 9.32. The SMILES string of the molecule is O=C(C1CC1c1ccccc1)N1CCOCC1CO. The minimum atomic E-state index is -0.168. The van der Waals surface area contributed by atoms with E-state index in [1.54, 1.807) is 4.90 Å². The van der Waals surface area contributed by atoms with Gasteiger partial charge in [-0.1, -0.05) is 30.3 Å². The third kappa shape index (κ3) is 2.51. The molecule has 1 aliphatic carbocycles. The molecule has 0 spiro atoms. The molecule has 2 fully saturated rings. The van der Waals surface area contributed by atoms with E-state index in [1.165, 1.54) is 5.56 Å². The van der Waals surface area contributed by atoms with Gasteiger partial charge >= 0.3 is 0 Å². The van der Waals surface area contributed by atoms with E-state index in [0.29, 0.717) is 25.7 Å². The first kappa shape index (κ1) is 12.6. The molecule has 1 saturated carbocycles. The van der Waals surface area contributed by atoms with Gasteiger partial charge < -0.3 is 14.7 Å². The zero-order valence-electron chi connectivity index (χ0n) is 10.9. The highest BCUT2D eigenvalue weighted by Crippen LogP contribution is 2.48. The Balaban J connectivity index is 1.66. The minimum absolute atomic E-state index is 0.0194.